The van der Waals surface area contributed by atoms with Gasteiger partial charge in [-0.25, -0.2) is 0 Å². The van der Waals surface area contributed by atoms with Crippen molar-refractivity contribution in [2.24, 2.45) is 0 Å². The molecule has 0 unspecified atom stereocenters. The zero-order valence-electron chi connectivity index (χ0n) is 6.43. The zero-order chi connectivity index (χ0) is 9.90. The first-order chi connectivity index (χ1) is 6.01. The molecule has 0 fully saturated rings. The first-order valence-electron chi connectivity index (χ1n) is 3.34. The molecule has 2 nitrogen and oxygen atoms in total. The van der Waals surface area contributed by atoms with E-state index < -0.39 is 6.36 Å². The van der Waals surface area contributed by atoms with Crippen LogP contribution in [0.1, 0.15) is 0 Å². The van der Waals surface area contributed by atoms with Crippen LogP contribution in [0.4, 0.5) is 18.9 Å². The van der Waals surface area contributed by atoms with Gasteiger partial charge in [0.05, 0.1) is 7.05 Å². The molecule has 0 aliphatic rings. The Kier molecular flexibility index (Phi) is 2.65. The fraction of sp³-hybridized carbons (Fsp3) is 0.125. The highest BCUT2D eigenvalue weighted by molar-refractivity contribution is 5.46. The van der Waals surface area contributed by atoms with Crippen molar-refractivity contribution in [2.75, 3.05) is 5.32 Å². The van der Waals surface area contributed by atoms with Crippen LogP contribution in [0.3, 0.4) is 0 Å². The monoisotopic (exact) mass is 189 g/mol. The van der Waals surface area contributed by atoms with Gasteiger partial charge in [0.1, 0.15) is 5.75 Å². The molecule has 5 heteroatoms. The Labute approximate surface area is 73.3 Å². The van der Waals surface area contributed by atoms with Gasteiger partial charge in [0.2, 0.25) is 0 Å². The lowest BCUT2D eigenvalue weighted by Gasteiger charge is -2.08. The van der Waals surface area contributed by atoms with Crippen LogP contribution in [0.25, 0.3) is 0 Å². The molecule has 1 aromatic rings. The first-order valence-corrected chi connectivity index (χ1v) is 3.34. The van der Waals surface area contributed by atoms with E-state index in [2.05, 4.69) is 10.1 Å². The van der Waals surface area contributed by atoms with Crippen LogP contribution < -0.4 is 10.1 Å². The number of ether oxygens (including phenoxy) is 1. The SMILES string of the molecule is [CH]Nc1ccc(OC(F)(F)F)cc1. The summed E-state index contributed by atoms with van der Waals surface area (Å²) < 4.78 is 38.6. The molecule has 1 rings (SSSR count). The molecule has 0 heterocycles. The van der Waals surface area contributed by atoms with E-state index >= 15 is 0 Å². The van der Waals surface area contributed by atoms with Crippen LogP contribution in [-0.2, 0) is 0 Å². The molecule has 0 spiro atoms. The van der Waals surface area contributed by atoms with Gasteiger partial charge < -0.3 is 10.1 Å². The van der Waals surface area contributed by atoms with E-state index in [1.54, 1.807) is 0 Å². The van der Waals surface area contributed by atoms with Crippen molar-refractivity contribution in [3.63, 3.8) is 0 Å². The number of halogens is 3. The minimum atomic E-state index is -4.66. The number of hydrogen-bond donors (Lipinski definition) is 1. The highest BCUT2D eigenvalue weighted by Gasteiger charge is 2.30. The van der Waals surface area contributed by atoms with Crippen molar-refractivity contribution in [3.8, 4) is 5.75 Å². The smallest absolute Gasteiger partial charge is 0.406 e. The maximum Gasteiger partial charge on any atom is 0.573 e. The summed E-state index contributed by atoms with van der Waals surface area (Å²) in [5.41, 5.74) is 0.509. The summed E-state index contributed by atoms with van der Waals surface area (Å²) in [6.07, 6.45) is -4.66. The fourth-order valence-electron chi connectivity index (χ4n) is 0.753. The van der Waals surface area contributed by atoms with Crippen LogP contribution in [0, 0.1) is 7.05 Å². The Morgan fingerprint density at radius 3 is 2.08 bits per heavy atom. The third kappa shape index (κ3) is 3.23. The lowest BCUT2D eigenvalue weighted by molar-refractivity contribution is -0.274. The molecule has 1 N–H and O–H groups in total. The van der Waals surface area contributed by atoms with Crippen LogP contribution in [-0.4, -0.2) is 6.36 Å². The molecular weight excluding hydrogens is 183 g/mol. The number of alkyl halides is 3. The molecule has 0 saturated carbocycles. The highest BCUT2D eigenvalue weighted by atomic mass is 19.4. The Balaban J connectivity index is 2.70. The number of nitrogens with one attached hydrogen (secondary N) is 1. The Hall–Kier alpha value is -1.39. The minimum absolute atomic E-state index is 0.272. The number of benzene rings is 1. The van der Waals surface area contributed by atoms with Crippen LogP contribution in [0.2, 0.25) is 0 Å². The topological polar surface area (TPSA) is 21.3 Å². The lowest BCUT2D eigenvalue weighted by Crippen LogP contribution is -2.16. The van der Waals surface area contributed by atoms with Gasteiger partial charge in [-0.3, -0.25) is 0 Å². The second-order valence-corrected chi connectivity index (χ2v) is 2.22. The predicted octanol–water partition coefficient (Wildman–Crippen LogP) is 2.67. The summed E-state index contributed by atoms with van der Waals surface area (Å²) in [5, 5.41) is 2.28. The third-order valence-corrected chi connectivity index (χ3v) is 1.25. The third-order valence-electron chi connectivity index (χ3n) is 1.25. The lowest BCUT2D eigenvalue weighted by atomic mass is 10.3. The number of hydrogen-bond acceptors (Lipinski definition) is 2. The average Bonchev–Trinajstić information content (AvgIpc) is 2.03. The molecular formula is C8H6F3NO. The zero-order valence-corrected chi connectivity index (χ0v) is 6.43. The summed E-state index contributed by atoms with van der Waals surface area (Å²) in [4.78, 5) is 0. The normalized spacial score (nSPS) is 11.1. The van der Waals surface area contributed by atoms with E-state index in [0.29, 0.717) is 5.69 Å². The van der Waals surface area contributed by atoms with Crippen molar-refractivity contribution >= 4 is 5.69 Å². The maximum atomic E-state index is 11.7. The van der Waals surface area contributed by atoms with Crippen molar-refractivity contribution in [2.45, 2.75) is 6.36 Å². The number of rotatable bonds is 2. The summed E-state index contributed by atoms with van der Waals surface area (Å²) in [6, 6.07) is 5.09. The van der Waals surface area contributed by atoms with E-state index in [4.69, 9.17) is 7.05 Å². The second-order valence-electron chi connectivity index (χ2n) is 2.22. The van der Waals surface area contributed by atoms with Gasteiger partial charge in [0, 0.05) is 5.69 Å². The van der Waals surface area contributed by atoms with Gasteiger partial charge >= 0.3 is 6.36 Å². The summed E-state index contributed by atoms with van der Waals surface area (Å²) in [7, 11) is 5.01. The summed E-state index contributed by atoms with van der Waals surface area (Å²) in [5.74, 6) is -0.272. The van der Waals surface area contributed by atoms with Gasteiger partial charge in [-0.2, -0.15) is 0 Å². The van der Waals surface area contributed by atoms with Gasteiger partial charge in [-0.1, -0.05) is 0 Å². The average molecular weight is 189 g/mol. The molecule has 0 aliphatic carbocycles. The van der Waals surface area contributed by atoms with E-state index in [-0.39, 0.29) is 5.75 Å². The highest BCUT2D eigenvalue weighted by Crippen LogP contribution is 2.23. The van der Waals surface area contributed by atoms with Crippen LogP contribution >= 0.6 is 0 Å². The molecule has 0 bridgehead atoms. The minimum Gasteiger partial charge on any atom is -0.406 e. The second kappa shape index (κ2) is 3.55. The molecule has 1 aromatic carbocycles. The molecule has 0 atom stereocenters. The van der Waals surface area contributed by atoms with Crippen LogP contribution in [0.5, 0.6) is 5.75 Å². The van der Waals surface area contributed by atoms with E-state index in [1.165, 1.54) is 24.3 Å². The van der Waals surface area contributed by atoms with Gasteiger partial charge in [-0.05, 0) is 24.3 Å². The van der Waals surface area contributed by atoms with E-state index in [0.717, 1.165) is 0 Å². The number of anilines is 1. The Morgan fingerprint density at radius 2 is 1.69 bits per heavy atom. The van der Waals surface area contributed by atoms with Crippen molar-refractivity contribution < 1.29 is 17.9 Å². The summed E-state index contributed by atoms with van der Waals surface area (Å²) in [6.45, 7) is 0. The maximum absolute atomic E-state index is 11.7. The van der Waals surface area contributed by atoms with E-state index in [9.17, 15) is 13.2 Å². The van der Waals surface area contributed by atoms with Crippen LogP contribution in [0.15, 0.2) is 24.3 Å². The first kappa shape index (κ1) is 9.70. The largest absolute Gasteiger partial charge is 0.573 e. The quantitative estimate of drug-likeness (QED) is 0.722. The Morgan fingerprint density at radius 1 is 1.15 bits per heavy atom. The molecule has 0 saturated heterocycles. The molecule has 13 heavy (non-hydrogen) atoms. The fourth-order valence-corrected chi connectivity index (χ4v) is 0.753. The van der Waals surface area contributed by atoms with Crippen molar-refractivity contribution in [1.29, 1.82) is 0 Å². The molecule has 0 amide bonds. The summed E-state index contributed by atoms with van der Waals surface area (Å²) >= 11 is 0. The van der Waals surface area contributed by atoms with Crippen molar-refractivity contribution in [1.82, 2.24) is 0 Å². The van der Waals surface area contributed by atoms with E-state index in [1.807, 2.05) is 0 Å². The van der Waals surface area contributed by atoms with Crippen molar-refractivity contribution in [3.05, 3.63) is 31.3 Å². The Bertz CT molecular complexity index is 268. The standard InChI is InChI=1S/C8H6F3NO/c1-12-6-2-4-7(5-3-6)13-8(9,10)11/h1-5,12H. The van der Waals surface area contributed by atoms with Gasteiger partial charge in [0.25, 0.3) is 0 Å². The van der Waals surface area contributed by atoms with Gasteiger partial charge in [0.15, 0.2) is 0 Å². The van der Waals surface area contributed by atoms with Gasteiger partial charge in [-0.15, -0.1) is 13.2 Å². The molecule has 2 radical (unpaired) electrons. The predicted molar refractivity (Wildman–Crippen MR) is 41.0 cm³/mol. The molecule has 0 aromatic heterocycles. The molecule has 70 valence electrons. The molecule has 0 aliphatic heterocycles.